The number of aromatic hydroxyl groups is 1. The molecule has 1 rings (SSSR count). The Labute approximate surface area is 128 Å². The van der Waals surface area contributed by atoms with Crippen LogP contribution >= 0.6 is 12.4 Å². The highest BCUT2D eigenvalue weighted by Gasteiger charge is 2.29. The Hall–Kier alpha value is -0.970. The Morgan fingerprint density at radius 1 is 1.25 bits per heavy atom. The molecule has 0 radical (unpaired) electrons. The number of nitrogens with zero attached hydrogens (tertiary/aromatic N) is 1. The van der Waals surface area contributed by atoms with Gasteiger partial charge in [0.1, 0.15) is 5.75 Å². The Balaban J connectivity index is 0.00000361. The molecule has 0 unspecified atom stereocenters. The molecule has 1 aromatic rings. The van der Waals surface area contributed by atoms with E-state index in [0.717, 1.165) is 18.8 Å². The van der Waals surface area contributed by atoms with Crippen LogP contribution in [0.4, 0.5) is 5.69 Å². The SMILES string of the molecule is CCN(CC)c1ccc([C@@H](N)C(C)(C)CO)c(O)c1.Cl. The predicted molar refractivity (Wildman–Crippen MR) is 86.7 cm³/mol. The number of aliphatic hydroxyl groups is 1. The summed E-state index contributed by atoms with van der Waals surface area (Å²) < 4.78 is 0. The first-order valence-electron chi connectivity index (χ1n) is 6.81. The summed E-state index contributed by atoms with van der Waals surface area (Å²) in [7, 11) is 0. The van der Waals surface area contributed by atoms with Crippen molar-refractivity contribution in [3.8, 4) is 5.75 Å². The fourth-order valence-corrected chi connectivity index (χ4v) is 2.10. The third-order valence-electron chi connectivity index (χ3n) is 3.73. The van der Waals surface area contributed by atoms with Gasteiger partial charge in [-0.1, -0.05) is 19.9 Å². The second kappa shape index (κ2) is 7.72. The van der Waals surface area contributed by atoms with Gasteiger partial charge in [0.05, 0.1) is 0 Å². The van der Waals surface area contributed by atoms with E-state index in [1.807, 2.05) is 26.0 Å². The van der Waals surface area contributed by atoms with E-state index < -0.39 is 11.5 Å². The molecular weight excluding hydrogens is 276 g/mol. The standard InChI is InChI=1S/C15H26N2O2.ClH/c1-5-17(6-2)11-7-8-12(13(19)9-11)14(16)15(3,4)10-18;/h7-9,14,18-19H,5-6,10,16H2,1-4H3;1H/t14-;/m1./s1. The molecule has 0 aromatic heterocycles. The summed E-state index contributed by atoms with van der Waals surface area (Å²) >= 11 is 0. The molecule has 1 aromatic carbocycles. The maximum atomic E-state index is 10.2. The lowest BCUT2D eigenvalue weighted by Gasteiger charge is -2.31. The first kappa shape index (κ1) is 19.0. The smallest absolute Gasteiger partial charge is 0.122 e. The van der Waals surface area contributed by atoms with Gasteiger partial charge >= 0.3 is 0 Å². The van der Waals surface area contributed by atoms with E-state index in [0.29, 0.717) is 5.56 Å². The van der Waals surface area contributed by atoms with Crippen LogP contribution in [0.25, 0.3) is 0 Å². The summed E-state index contributed by atoms with van der Waals surface area (Å²) in [6.45, 7) is 9.69. The monoisotopic (exact) mass is 302 g/mol. The number of benzene rings is 1. The van der Waals surface area contributed by atoms with Gasteiger partial charge < -0.3 is 20.8 Å². The average Bonchev–Trinajstić information content (AvgIpc) is 2.39. The lowest BCUT2D eigenvalue weighted by Crippen LogP contribution is -2.32. The van der Waals surface area contributed by atoms with E-state index >= 15 is 0 Å². The highest BCUT2D eigenvalue weighted by molar-refractivity contribution is 5.85. The number of anilines is 1. The van der Waals surface area contributed by atoms with Crippen LogP contribution in [0.5, 0.6) is 5.75 Å². The van der Waals surface area contributed by atoms with E-state index in [1.165, 1.54) is 0 Å². The molecule has 0 aliphatic rings. The fraction of sp³-hybridized carbons (Fsp3) is 0.600. The van der Waals surface area contributed by atoms with Gasteiger partial charge in [-0.05, 0) is 19.9 Å². The second-order valence-electron chi connectivity index (χ2n) is 5.54. The molecule has 0 amide bonds. The Morgan fingerprint density at radius 2 is 1.80 bits per heavy atom. The lowest BCUT2D eigenvalue weighted by atomic mass is 9.81. The normalized spacial score (nSPS) is 12.7. The van der Waals surface area contributed by atoms with Gasteiger partial charge in [-0.3, -0.25) is 0 Å². The number of hydrogen-bond acceptors (Lipinski definition) is 4. The van der Waals surface area contributed by atoms with Crippen molar-refractivity contribution in [1.82, 2.24) is 0 Å². The molecule has 0 bridgehead atoms. The summed E-state index contributed by atoms with van der Waals surface area (Å²) in [5.74, 6) is 0.193. The molecule has 0 fully saturated rings. The molecule has 0 aliphatic heterocycles. The van der Waals surface area contributed by atoms with Gasteiger partial charge in [-0.15, -0.1) is 12.4 Å². The Bertz CT molecular complexity index is 420. The van der Waals surface area contributed by atoms with Crippen LogP contribution in [0, 0.1) is 5.41 Å². The summed E-state index contributed by atoms with van der Waals surface area (Å²) in [5, 5.41) is 19.5. The minimum Gasteiger partial charge on any atom is -0.508 e. The van der Waals surface area contributed by atoms with Crippen LogP contribution in [0.1, 0.15) is 39.3 Å². The van der Waals surface area contributed by atoms with Crippen molar-refractivity contribution in [3.63, 3.8) is 0 Å². The van der Waals surface area contributed by atoms with Gasteiger partial charge in [-0.2, -0.15) is 0 Å². The molecule has 5 heteroatoms. The topological polar surface area (TPSA) is 69.7 Å². The van der Waals surface area contributed by atoms with Crippen molar-refractivity contribution in [3.05, 3.63) is 23.8 Å². The van der Waals surface area contributed by atoms with Crippen molar-refractivity contribution in [2.45, 2.75) is 33.7 Å². The number of nitrogens with two attached hydrogens (primary N) is 1. The van der Waals surface area contributed by atoms with Crippen LogP contribution in [-0.2, 0) is 0 Å². The van der Waals surface area contributed by atoms with Crippen molar-refractivity contribution >= 4 is 18.1 Å². The van der Waals surface area contributed by atoms with Crippen LogP contribution in [-0.4, -0.2) is 29.9 Å². The highest BCUT2D eigenvalue weighted by atomic mass is 35.5. The summed E-state index contributed by atoms with van der Waals surface area (Å²) in [6.07, 6.45) is 0. The van der Waals surface area contributed by atoms with Crippen molar-refractivity contribution in [2.24, 2.45) is 11.1 Å². The van der Waals surface area contributed by atoms with Gasteiger partial charge in [0.2, 0.25) is 0 Å². The maximum absolute atomic E-state index is 10.2. The van der Waals surface area contributed by atoms with E-state index in [2.05, 4.69) is 18.7 Å². The number of phenols is 1. The van der Waals surface area contributed by atoms with Crippen LogP contribution in [0.2, 0.25) is 0 Å². The number of phenolic OH excluding ortho intramolecular Hbond substituents is 1. The summed E-state index contributed by atoms with van der Waals surface area (Å²) in [4.78, 5) is 2.16. The van der Waals surface area contributed by atoms with Crippen molar-refractivity contribution in [1.29, 1.82) is 0 Å². The molecule has 1 atom stereocenters. The van der Waals surface area contributed by atoms with Gasteiger partial charge in [0.15, 0.2) is 0 Å². The molecule has 0 spiro atoms. The average molecular weight is 303 g/mol. The number of halogens is 1. The lowest BCUT2D eigenvalue weighted by molar-refractivity contribution is 0.131. The van der Waals surface area contributed by atoms with Crippen molar-refractivity contribution < 1.29 is 10.2 Å². The Kier molecular flexibility index (Phi) is 7.34. The van der Waals surface area contributed by atoms with E-state index in [1.54, 1.807) is 6.07 Å². The summed E-state index contributed by atoms with van der Waals surface area (Å²) in [6, 6.07) is 5.17. The molecule has 0 saturated heterocycles. The highest BCUT2D eigenvalue weighted by Crippen LogP contribution is 2.36. The minimum absolute atomic E-state index is 0. The molecule has 0 saturated carbocycles. The van der Waals surface area contributed by atoms with E-state index in [4.69, 9.17) is 5.73 Å². The zero-order valence-electron chi connectivity index (χ0n) is 12.8. The maximum Gasteiger partial charge on any atom is 0.122 e. The first-order chi connectivity index (χ1) is 8.87. The van der Waals surface area contributed by atoms with Gasteiger partial charge in [0.25, 0.3) is 0 Å². The van der Waals surface area contributed by atoms with Crippen molar-refractivity contribution in [2.75, 3.05) is 24.6 Å². The molecule has 4 nitrogen and oxygen atoms in total. The molecule has 0 aliphatic carbocycles. The minimum atomic E-state index is -0.464. The predicted octanol–water partition coefficient (Wildman–Crippen LogP) is 2.68. The first-order valence-corrected chi connectivity index (χ1v) is 6.81. The summed E-state index contributed by atoms with van der Waals surface area (Å²) in [5.41, 5.74) is 7.34. The molecule has 4 N–H and O–H groups in total. The molecule has 0 heterocycles. The molecule has 116 valence electrons. The fourth-order valence-electron chi connectivity index (χ4n) is 2.10. The zero-order valence-corrected chi connectivity index (χ0v) is 13.6. The van der Waals surface area contributed by atoms with Gasteiger partial charge in [-0.25, -0.2) is 0 Å². The second-order valence-corrected chi connectivity index (χ2v) is 5.54. The largest absolute Gasteiger partial charge is 0.508 e. The number of hydrogen-bond donors (Lipinski definition) is 3. The van der Waals surface area contributed by atoms with Gasteiger partial charge in [0, 0.05) is 48.5 Å². The van der Waals surface area contributed by atoms with Crippen LogP contribution < -0.4 is 10.6 Å². The van der Waals surface area contributed by atoms with E-state index in [-0.39, 0.29) is 24.8 Å². The quantitative estimate of drug-likeness (QED) is 0.755. The molecule has 20 heavy (non-hydrogen) atoms. The zero-order chi connectivity index (χ0) is 14.6. The third-order valence-corrected chi connectivity index (χ3v) is 3.73. The number of rotatable bonds is 6. The number of aliphatic hydroxyl groups excluding tert-OH is 1. The Morgan fingerprint density at radius 3 is 2.20 bits per heavy atom. The van der Waals surface area contributed by atoms with Crippen LogP contribution in [0.15, 0.2) is 18.2 Å². The van der Waals surface area contributed by atoms with E-state index in [9.17, 15) is 10.2 Å². The van der Waals surface area contributed by atoms with Crippen LogP contribution in [0.3, 0.4) is 0 Å². The molecular formula is C15H27ClN2O2. The third kappa shape index (κ3) is 4.01.